The second-order valence-electron chi connectivity index (χ2n) is 7.32. The normalized spacial score (nSPS) is 17.8. The third kappa shape index (κ3) is 4.43. The molecule has 0 spiro atoms. The fraction of sp³-hybridized carbons (Fsp3) is 0.350. The molecule has 4 rings (SSSR count). The molecule has 8 nitrogen and oxygen atoms in total. The second kappa shape index (κ2) is 8.69. The van der Waals surface area contributed by atoms with Crippen LogP contribution < -0.4 is 10.2 Å². The van der Waals surface area contributed by atoms with E-state index in [-0.39, 0.29) is 29.3 Å². The number of fused-ring (bicyclic) bond motifs is 1. The number of urea groups is 1. The van der Waals surface area contributed by atoms with Gasteiger partial charge < -0.3 is 20.0 Å². The van der Waals surface area contributed by atoms with Crippen molar-refractivity contribution in [2.75, 3.05) is 36.5 Å². The largest absolute Gasteiger partial charge is 0.393 e. The van der Waals surface area contributed by atoms with E-state index in [1.807, 2.05) is 6.92 Å². The summed E-state index contributed by atoms with van der Waals surface area (Å²) in [5.74, 6) is -0.856. The van der Waals surface area contributed by atoms with Gasteiger partial charge in [-0.15, -0.1) is 0 Å². The average Bonchev–Trinajstić information content (AvgIpc) is 3.14. The van der Waals surface area contributed by atoms with Gasteiger partial charge in [-0.1, -0.05) is 11.3 Å². The number of hydrogen-bond acceptors (Lipinski definition) is 7. The summed E-state index contributed by atoms with van der Waals surface area (Å²) in [7, 11) is 0. The monoisotopic (exact) mass is 449 g/mol. The number of benzene rings is 1. The minimum atomic E-state index is -1.19. The molecule has 164 valence electrons. The van der Waals surface area contributed by atoms with Gasteiger partial charge in [-0.2, -0.15) is 0 Å². The van der Waals surface area contributed by atoms with Crippen molar-refractivity contribution in [3.05, 3.63) is 47.7 Å². The Morgan fingerprint density at radius 2 is 2.16 bits per heavy atom. The van der Waals surface area contributed by atoms with Crippen molar-refractivity contribution >= 4 is 38.5 Å². The zero-order valence-electron chi connectivity index (χ0n) is 16.6. The number of carbonyl (C=O) groups excluding carboxylic acids is 1. The van der Waals surface area contributed by atoms with Crippen LogP contribution in [0.1, 0.15) is 18.6 Å². The molecule has 1 aromatic carbocycles. The molecule has 0 bridgehead atoms. The lowest BCUT2D eigenvalue weighted by Gasteiger charge is -2.40. The number of hydrogen-bond donors (Lipinski definition) is 3. The molecule has 0 saturated carbocycles. The van der Waals surface area contributed by atoms with Gasteiger partial charge in [-0.3, -0.25) is 5.32 Å². The van der Waals surface area contributed by atoms with Crippen LogP contribution in [0.5, 0.6) is 0 Å². The SMILES string of the molecule is C[C@H]1CN(c2ncc([C@@H](O)CO)cc2F)CCN1C(=O)Nc1nc2cc(F)ccc2s1. The molecule has 1 fully saturated rings. The smallest absolute Gasteiger partial charge is 0.324 e. The van der Waals surface area contributed by atoms with E-state index in [0.29, 0.717) is 30.3 Å². The molecule has 0 aliphatic carbocycles. The summed E-state index contributed by atoms with van der Waals surface area (Å²) in [6.45, 7) is 2.41. The van der Waals surface area contributed by atoms with Gasteiger partial charge in [0.2, 0.25) is 0 Å². The summed E-state index contributed by atoms with van der Waals surface area (Å²) in [6, 6.07) is 4.87. The molecular weight excluding hydrogens is 428 g/mol. The van der Waals surface area contributed by atoms with Gasteiger partial charge >= 0.3 is 6.03 Å². The molecular formula is C20H21F2N5O3S. The summed E-state index contributed by atoms with van der Waals surface area (Å²) in [5.41, 5.74) is 0.681. The summed E-state index contributed by atoms with van der Waals surface area (Å²) < 4.78 is 28.6. The Balaban J connectivity index is 1.42. The number of aliphatic hydroxyl groups excluding tert-OH is 2. The van der Waals surface area contributed by atoms with Gasteiger partial charge in [0.15, 0.2) is 16.8 Å². The van der Waals surface area contributed by atoms with Crippen LogP contribution in [-0.4, -0.2) is 63.4 Å². The number of thiazole rings is 1. The van der Waals surface area contributed by atoms with Gasteiger partial charge in [-0.05, 0) is 25.1 Å². The molecule has 31 heavy (non-hydrogen) atoms. The van der Waals surface area contributed by atoms with E-state index >= 15 is 0 Å². The molecule has 0 unspecified atom stereocenters. The van der Waals surface area contributed by atoms with E-state index in [2.05, 4.69) is 15.3 Å². The van der Waals surface area contributed by atoms with Gasteiger partial charge in [-0.25, -0.2) is 23.5 Å². The first kappa shape index (κ1) is 21.3. The molecule has 1 saturated heterocycles. The van der Waals surface area contributed by atoms with E-state index in [9.17, 15) is 18.7 Å². The zero-order valence-corrected chi connectivity index (χ0v) is 17.4. The maximum atomic E-state index is 14.5. The summed E-state index contributed by atoms with van der Waals surface area (Å²) in [5, 5.41) is 21.8. The predicted molar refractivity (Wildman–Crippen MR) is 113 cm³/mol. The van der Waals surface area contributed by atoms with Crippen molar-refractivity contribution in [3.8, 4) is 0 Å². The Hall–Kier alpha value is -2.89. The van der Waals surface area contributed by atoms with E-state index in [1.165, 1.54) is 29.7 Å². The molecule has 0 radical (unpaired) electrons. The molecule has 3 heterocycles. The van der Waals surface area contributed by atoms with E-state index in [4.69, 9.17) is 5.11 Å². The standard InChI is InChI=1S/C20H21F2N5O3S/c1-11-9-26(18-14(22)6-12(8-23-18)16(29)10-28)4-5-27(11)20(30)25-19-24-15-7-13(21)2-3-17(15)31-19/h2-3,6-8,11,16,28-29H,4-5,9-10H2,1H3,(H,24,25,30)/t11-,16-/m0/s1. The first-order chi connectivity index (χ1) is 14.9. The summed E-state index contributed by atoms with van der Waals surface area (Å²) in [4.78, 5) is 24.4. The van der Waals surface area contributed by atoms with E-state index in [0.717, 1.165) is 10.8 Å². The Morgan fingerprint density at radius 1 is 1.35 bits per heavy atom. The molecule has 1 aliphatic heterocycles. The first-order valence-electron chi connectivity index (χ1n) is 9.68. The lowest BCUT2D eigenvalue weighted by Crippen LogP contribution is -2.55. The van der Waals surface area contributed by atoms with E-state index in [1.54, 1.807) is 15.9 Å². The van der Waals surface area contributed by atoms with Crippen molar-refractivity contribution < 1.29 is 23.8 Å². The Kier molecular flexibility index (Phi) is 5.99. The second-order valence-corrected chi connectivity index (χ2v) is 8.35. The van der Waals surface area contributed by atoms with Gasteiger partial charge in [0, 0.05) is 43.5 Å². The zero-order chi connectivity index (χ0) is 22.1. The number of amides is 2. The van der Waals surface area contributed by atoms with Crippen LogP contribution in [0.3, 0.4) is 0 Å². The third-order valence-corrected chi connectivity index (χ3v) is 6.10. The third-order valence-electron chi connectivity index (χ3n) is 5.15. The number of piperazine rings is 1. The number of nitrogens with zero attached hydrogens (tertiary/aromatic N) is 4. The van der Waals surface area contributed by atoms with Crippen LogP contribution in [0.2, 0.25) is 0 Å². The summed E-state index contributed by atoms with van der Waals surface area (Å²) >= 11 is 1.26. The topological polar surface area (TPSA) is 102 Å². The van der Waals surface area contributed by atoms with Crippen molar-refractivity contribution in [3.63, 3.8) is 0 Å². The number of carbonyl (C=O) groups is 1. The van der Waals surface area contributed by atoms with Crippen LogP contribution in [0.15, 0.2) is 30.5 Å². The predicted octanol–water partition coefficient (Wildman–Crippen LogP) is 2.74. The van der Waals surface area contributed by atoms with Crippen LogP contribution in [0.4, 0.5) is 24.5 Å². The maximum absolute atomic E-state index is 14.5. The van der Waals surface area contributed by atoms with Crippen molar-refractivity contribution in [2.24, 2.45) is 0 Å². The van der Waals surface area contributed by atoms with Crippen molar-refractivity contribution in [1.82, 2.24) is 14.9 Å². The van der Waals surface area contributed by atoms with Crippen LogP contribution in [0.25, 0.3) is 10.2 Å². The molecule has 3 N–H and O–H groups in total. The molecule has 3 aromatic rings. The van der Waals surface area contributed by atoms with E-state index < -0.39 is 18.5 Å². The minimum absolute atomic E-state index is 0.133. The fourth-order valence-electron chi connectivity index (χ4n) is 3.53. The van der Waals surface area contributed by atoms with Crippen LogP contribution >= 0.6 is 11.3 Å². The van der Waals surface area contributed by atoms with Gasteiger partial charge in [0.25, 0.3) is 0 Å². The van der Waals surface area contributed by atoms with Crippen molar-refractivity contribution in [2.45, 2.75) is 19.1 Å². The molecule has 2 aromatic heterocycles. The highest BCUT2D eigenvalue weighted by atomic mass is 32.1. The Labute approximate surface area is 180 Å². The first-order valence-corrected chi connectivity index (χ1v) is 10.5. The number of pyridine rings is 1. The highest BCUT2D eigenvalue weighted by Gasteiger charge is 2.30. The van der Waals surface area contributed by atoms with Gasteiger partial charge in [0.1, 0.15) is 11.9 Å². The molecule has 1 aliphatic rings. The van der Waals surface area contributed by atoms with Crippen LogP contribution in [0, 0.1) is 11.6 Å². The molecule has 2 amide bonds. The number of aliphatic hydroxyl groups is 2. The molecule has 2 atom stereocenters. The lowest BCUT2D eigenvalue weighted by molar-refractivity contribution is 0.0951. The average molecular weight is 449 g/mol. The highest BCUT2D eigenvalue weighted by Crippen LogP contribution is 2.27. The van der Waals surface area contributed by atoms with Gasteiger partial charge in [0.05, 0.1) is 16.8 Å². The number of rotatable bonds is 4. The number of anilines is 2. The van der Waals surface area contributed by atoms with Crippen LogP contribution in [-0.2, 0) is 0 Å². The quantitative estimate of drug-likeness (QED) is 0.566. The lowest BCUT2D eigenvalue weighted by atomic mass is 10.1. The summed E-state index contributed by atoms with van der Waals surface area (Å²) in [6.07, 6.45) is 0.147. The fourth-order valence-corrected chi connectivity index (χ4v) is 4.37. The Morgan fingerprint density at radius 3 is 2.87 bits per heavy atom. The van der Waals surface area contributed by atoms with Crippen molar-refractivity contribution in [1.29, 1.82) is 0 Å². The maximum Gasteiger partial charge on any atom is 0.324 e. The highest BCUT2D eigenvalue weighted by molar-refractivity contribution is 7.22. The molecule has 11 heteroatoms. The minimum Gasteiger partial charge on any atom is -0.393 e. The Bertz CT molecular complexity index is 1110. The number of aromatic nitrogens is 2. The number of halogens is 2. The number of nitrogens with one attached hydrogen (secondary N) is 1.